The van der Waals surface area contributed by atoms with Crippen molar-refractivity contribution in [3.63, 3.8) is 0 Å². The predicted octanol–water partition coefficient (Wildman–Crippen LogP) is 1.75. The molecule has 0 spiro atoms. The minimum absolute atomic E-state index is 0.462. The second kappa shape index (κ2) is 5.72. The highest BCUT2D eigenvalue weighted by Crippen LogP contribution is 2.35. The zero-order chi connectivity index (χ0) is 12.1. The maximum absolute atomic E-state index is 5.38. The number of rotatable bonds is 5. The fourth-order valence-electron chi connectivity index (χ4n) is 1.76. The summed E-state index contributed by atoms with van der Waals surface area (Å²) >= 11 is 0. The molecule has 4 nitrogen and oxygen atoms in total. The molecule has 0 aromatic heterocycles. The Morgan fingerprint density at radius 1 is 1.19 bits per heavy atom. The average molecular weight is 225 g/mol. The minimum Gasteiger partial charge on any atom is -0.493 e. The first-order chi connectivity index (χ1) is 7.65. The largest absolute Gasteiger partial charge is 0.493 e. The van der Waals surface area contributed by atoms with Gasteiger partial charge in [-0.15, -0.1) is 0 Å². The molecule has 0 bridgehead atoms. The van der Waals surface area contributed by atoms with Gasteiger partial charge in [-0.1, -0.05) is 0 Å². The second-order valence-electron chi connectivity index (χ2n) is 3.65. The maximum Gasteiger partial charge on any atom is 0.164 e. The lowest BCUT2D eigenvalue weighted by Gasteiger charge is -2.17. The van der Waals surface area contributed by atoms with E-state index >= 15 is 0 Å². The molecule has 0 saturated heterocycles. The van der Waals surface area contributed by atoms with E-state index in [0.29, 0.717) is 13.0 Å². The van der Waals surface area contributed by atoms with Gasteiger partial charge in [0.2, 0.25) is 0 Å². The molecular formula is C12H19NO3. The SMILES string of the molecule is COc1cc(C)c(C)c(CCON)c1OC. The highest BCUT2D eigenvalue weighted by atomic mass is 16.6. The number of ether oxygens (including phenoxy) is 2. The first-order valence-corrected chi connectivity index (χ1v) is 5.18. The summed E-state index contributed by atoms with van der Waals surface area (Å²) in [7, 11) is 3.27. The standard InChI is InChI=1S/C12H19NO3/c1-8-7-11(14-3)12(15-4)10(9(8)2)5-6-16-13/h7H,5-6,13H2,1-4H3. The van der Waals surface area contributed by atoms with E-state index in [9.17, 15) is 0 Å². The van der Waals surface area contributed by atoms with Gasteiger partial charge >= 0.3 is 0 Å². The Kier molecular flexibility index (Phi) is 4.58. The van der Waals surface area contributed by atoms with Crippen LogP contribution in [0.3, 0.4) is 0 Å². The van der Waals surface area contributed by atoms with Crippen molar-refractivity contribution in [1.29, 1.82) is 0 Å². The van der Waals surface area contributed by atoms with Crippen LogP contribution in [0, 0.1) is 13.8 Å². The molecule has 90 valence electrons. The number of hydrogen-bond acceptors (Lipinski definition) is 4. The van der Waals surface area contributed by atoms with E-state index in [1.807, 2.05) is 13.0 Å². The van der Waals surface area contributed by atoms with E-state index in [2.05, 4.69) is 11.8 Å². The summed E-state index contributed by atoms with van der Waals surface area (Å²) in [6.07, 6.45) is 0.712. The number of methoxy groups -OCH3 is 2. The molecule has 0 amide bonds. The van der Waals surface area contributed by atoms with E-state index in [4.69, 9.17) is 15.4 Å². The molecule has 16 heavy (non-hydrogen) atoms. The Balaban J connectivity index is 3.23. The molecular weight excluding hydrogens is 206 g/mol. The van der Waals surface area contributed by atoms with Crippen LogP contribution in [-0.2, 0) is 11.3 Å². The second-order valence-corrected chi connectivity index (χ2v) is 3.65. The molecule has 4 heteroatoms. The molecule has 1 aromatic carbocycles. The molecule has 0 saturated carbocycles. The van der Waals surface area contributed by atoms with Crippen molar-refractivity contribution in [1.82, 2.24) is 0 Å². The predicted molar refractivity (Wildman–Crippen MR) is 62.9 cm³/mol. The molecule has 0 aliphatic heterocycles. The Morgan fingerprint density at radius 2 is 1.88 bits per heavy atom. The van der Waals surface area contributed by atoms with Gasteiger partial charge in [-0.3, -0.25) is 0 Å². The number of hydrogen-bond donors (Lipinski definition) is 1. The smallest absolute Gasteiger partial charge is 0.164 e. The summed E-state index contributed by atoms with van der Waals surface area (Å²) < 4.78 is 10.7. The van der Waals surface area contributed by atoms with Crippen molar-refractivity contribution in [2.75, 3.05) is 20.8 Å². The zero-order valence-electron chi connectivity index (χ0n) is 10.3. The summed E-state index contributed by atoms with van der Waals surface area (Å²) in [5.41, 5.74) is 3.45. The normalized spacial score (nSPS) is 10.3. The van der Waals surface area contributed by atoms with Gasteiger partial charge in [0.1, 0.15) is 0 Å². The van der Waals surface area contributed by atoms with Gasteiger partial charge in [0.05, 0.1) is 20.8 Å². The topological polar surface area (TPSA) is 53.7 Å². The highest BCUT2D eigenvalue weighted by Gasteiger charge is 2.14. The van der Waals surface area contributed by atoms with Crippen molar-refractivity contribution >= 4 is 0 Å². The molecule has 1 rings (SSSR count). The lowest BCUT2D eigenvalue weighted by molar-refractivity contribution is 0.140. The third kappa shape index (κ3) is 2.46. The van der Waals surface area contributed by atoms with Gasteiger partial charge in [-0.05, 0) is 31.0 Å². The Labute approximate surface area is 96.3 Å². The van der Waals surface area contributed by atoms with Crippen molar-refractivity contribution in [3.05, 3.63) is 22.8 Å². The van der Waals surface area contributed by atoms with Gasteiger partial charge in [0.25, 0.3) is 0 Å². The summed E-state index contributed by atoms with van der Waals surface area (Å²) in [6, 6.07) is 1.97. The van der Waals surface area contributed by atoms with Crippen LogP contribution >= 0.6 is 0 Å². The van der Waals surface area contributed by atoms with Crippen LogP contribution in [0.15, 0.2) is 6.07 Å². The molecule has 0 radical (unpaired) electrons. The summed E-state index contributed by atoms with van der Waals surface area (Å²) in [6.45, 7) is 4.57. The van der Waals surface area contributed by atoms with Crippen LogP contribution in [0.1, 0.15) is 16.7 Å². The van der Waals surface area contributed by atoms with Crippen LogP contribution < -0.4 is 15.4 Å². The summed E-state index contributed by atoms with van der Waals surface area (Å²) in [4.78, 5) is 4.62. The maximum atomic E-state index is 5.38. The quantitative estimate of drug-likeness (QED) is 0.776. The first-order valence-electron chi connectivity index (χ1n) is 5.18. The molecule has 0 unspecified atom stereocenters. The van der Waals surface area contributed by atoms with E-state index in [1.54, 1.807) is 14.2 Å². The van der Waals surface area contributed by atoms with E-state index in [-0.39, 0.29) is 0 Å². The lowest BCUT2D eigenvalue weighted by atomic mass is 9.99. The van der Waals surface area contributed by atoms with Crippen molar-refractivity contribution in [2.45, 2.75) is 20.3 Å². The molecule has 2 N–H and O–H groups in total. The van der Waals surface area contributed by atoms with E-state index in [1.165, 1.54) is 11.1 Å². The third-order valence-corrected chi connectivity index (χ3v) is 2.78. The van der Waals surface area contributed by atoms with Crippen molar-refractivity contribution in [3.8, 4) is 11.5 Å². The van der Waals surface area contributed by atoms with Crippen LogP contribution in [0.2, 0.25) is 0 Å². The highest BCUT2D eigenvalue weighted by molar-refractivity contribution is 5.53. The number of aryl methyl sites for hydroxylation is 1. The van der Waals surface area contributed by atoms with Gasteiger partial charge in [-0.2, -0.15) is 0 Å². The minimum atomic E-state index is 0.462. The molecule has 0 atom stereocenters. The molecule has 0 heterocycles. The molecule has 1 aromatic rings. The van der Waals surface area contributed by atoms with Gasteiger partial charge in [-0.25, -0.2) is 5.90 Å². The molecule has 0 aliphatic carbocycles. The third-order valence-electron chi connectivity index (χ3n) is 2.78. The number of nitrogens with two attached hydrogens (primary N) is 1. The zero-order valence-corrected chi connectivity index (χ0v) is 10.3. The van der Waals surface area contributed by atoms with E-state index in [0.717, 1.165) is 17.1 Å². The fourth-order valence-corrected chi connectivity index (χ4v) is 1.76. The van der Waals surface area contributed by atoms with Crippen LogP contribution in [0.4, 0.5) is 0 Å². The molecule has 0 aliphatic rings. The van der Waals surface area contributed by atoms with Crippen LogP contribution in [-0.4, -0.2) is 20.8 Å². The summed E-state index contributed by atoms with van der Waals surface area (Å²) in [5, 5.41) is 0. The van der Waals surface area contributed by atoms with E-state index < -0.39 is 0 Å². The van der Waals surface area contributed by atoms with Gasteiger partial charge in [0.15, 0.2) is 11.5 Å². The number of benzene rings is 1. The summed E-state index contributed by atoms with van der Waals surface area (Å²) in [5.74, 6) is 6.57. The van der Waals surface area contributed by atoms with Gasteiger partial charge < -0.3 is 14.3 Å². The Bertz CT molecular complexity index is 364. The Hall–Kier alpha value is -1.26. The van der Waals surface area contributed by atoms with Crippen molar-refractivity contribution in [2.24, 2.45) is 5.90 Å². The van der Waals surface area contributed by atoms with Crippen LogP contribution in [0.25, 0.3) is 0 Å². The fraction of sp³-hybridized carbons (Fsp3) is 0.500. The first kappa shape index (κ1) is 12.8. The average Bonchev–Trinajstić information content (AvgIpc) is 2.30. The Morgan fingerprint density at radius 3 is 2.38 bits per heavy atom. The van der Waals surface area contributed by atoms with Gasteiger partial charge in [0, 0.05) is 12.0 Å². The van der Waals surface area contributed by atoms with Crippen molar-refractivity contribution < 1.29 is 14.3 Å². The monoisotopic (exact) mass is 225 g/mol. The lowest BCUT2D eigenvalue weighted by Crippen LogP contribution is -2.07. The molecule has 0 fully saturated rings. The van der Waals surface area contributed by atoms with Crippen LogP contribution in [0.5, 0.6) is 11.5 Å².